The molecule has 0 spiro atoms. The van der Waals surface area contributed by atoms with E-state index in [4.69, 9.17) is 12.2 Å². The van der Waals surface area contributed by atoms with E-state index in [1.165, 1.54) is 47.0 Å². The molecule has 1 amide bonds. The Labute approximate surface area is 256 Å². The molecule has 1 aliphatic rings. The van der Waals surface area contributed by atoms with Gasteiger partial charge < -0.3 is 10.1 Å². The fourth-order valence-corrected chi connectivity index (χ4v) is 5.60. The summed E-state index contributed by atoms with van der Waals surface area (Å²) >= 11 is 6.85. The van der Waals surface area contributed by atoms with Crippen LogP contribution in [-0.2, 0) is 11.2 Å². The molecule has 1 N–H and O–H groups in total. The number of rotatable bonds is 8. The third kappa shape index (κ3) is 7.59. The number of amides is 1. The number of nitrogens with one attached hydrogen (secondary N) is 1. The van der Waals surface area contributed by atoms with Crippen LogP contribution in [0.5, 0.6) is 5.75 Å². The van der Waals surface area contributed by atoms with Crippen molar-refractivity contribution in [3.05, 3.63) is 90.3 Å². The molecule has 1 aliphatic heterocycles. The zero-order chi connectivity index (χ0) is 30.6. The van der Waals surface area contributed by atoms with Gasteiger partial charge in [0, 0.05) is 12.1 Å². The Morgan fingerprint density at radius 1 is 1.12 bits per heavy atom. The lowest BCUT2D eigenvalue weighted by atomic mass is 10.0. The number of halogens is 3. The maximum atomic E-state index is 12.7. The fraction of sp³-hybridized carbons (Fsp3) is 0.233. The van der Waals surface area contributed by atoms with Gasteiger partial charge in [-0.15, -0.1) is 18.3 Å². The van der Waals surface area contributed by atoms with Crippen molar-refractivity contribution in [2.45, 2.75) is 32.5 Å². The van der Waals surface area contributed by atoms with Gasteiger partial charge in [0.1, 0.15) is 12.1 Å². The molecule has 2 heterocycles. The second-order valence-corrected chi connectivity index (χ2v) is 11.2. The highest BCUT2D eigenvalue weighted by Crippen LogP contribution is 2.33. The smallest absolute Gasteiger partial charge is 0.406 e. The topological polar surface area (TPSA) is 84.6 Å². The van der Waals surface area contributed by atoms with Crippen molar-refractivity contribution >= 4 is 45.9 Å². The third-order valence-corrected chi connectivity index (χ3v) is 7.62. The SMILES string of the molecule is CC(C)c1ccccc1N1C(=O)CS/C1=N\C(=S)NCCc1cccc(-c2ncn(-c3ccc(OC(F)(F)F)cc3)n2)c1. The van der Waals surface area contributed by atoms with Gasteiger partial charge in [-0.25, -0.2) is 9.67 Å². The highest BCUT2D eigenvalue weighted by atomic mass is 32.2. The van der Waals surface area contributed by atoms with Crippen molar-refractivity contribution in [2.75, 3.05) is 17.2 Å². The van der Waals surface area contributed by atoms with E-state index in [9.17, 15) is 18.0 Å². The average molecular weight is 625 g/mol. The van der Waals surface area contributed by atoms with Crippen molar-refractivity contribution in [1.82, 2.24) is 20.1 Å². The second-order valence-electron chi connectivity index (χ2n) is 9.86. The van der Waals surface area contributed by atoms with Gasteiger partial charge in [-0.3, -0.25) is 9.69 Å². The third-order valence-electron chi connectivity index (χ3n) is 6.46. The first kappa shape index (κ1) is 30.2. The van der Waals surface area contributed by atoms with Gasteiger partial charge in [-0.1, -0.05) is 62.0 Å². The quantitative estimate of drug-likeness (QED) is 0.224. The molecule has 0 bridgehead atoms. The van der Waals surface area contributed by atoms with Gasteiger partial charge in [0.2, 0.25) is 5.91 Å². The normalized spacial score (nSPS) is 14.5. The largest absolute Gasteiger partial charge is 0.573 e. The summed E-state index contributed by atoms with van der Waals surface area (Å²) in [6.45, 7) is 4.70. The van der Waals surface area contributed by atoms with Crippen LogP contribution in [0.4, 0.5) is 18.9 Å². The molecule has 4 aromatic rings. The lowest BCUT2D eigenvalue weighted by molar-refractivity contribution is -0.274. The number of carbonyl (C=O) groups excluding carboxylic acids is 1. The molecule has 0 atom stereocenters. The van der Waals surface area contributed by atoms with Crippen LogP contribution in [0.1, 0.15) is 30.9 Å². The average Bonchev–Trinajstić information content (AvgIpc) is 3.60. The Bertz CT molecular complexity index is 1650. The van der Waals surface area contributed by atoms with Crippen LogP contribution in [0.25, 0.3) is 17.1 Å². The summed E-state index contributed by atoms with van der Waals surface area (Å²) in [4.78, 5) is 23.3. The Kier molecular flexibility index (Phi) is 9.11. The van der Waals surface area contributed by atoms with Gasteiger partial charge in [0.15, 0.2) is 16.1 Å². The molecule has 0 aliphatic carbocycles. The maximum Gasteiger partial charge on any atom is 0.573 e. The number of ether oxygens (including phenoxy) is 1. The van der Waals surface area contributed by atoms with Crippen molar-refractivity contribution in [3.8, 4) is 22.8 Å². The molecule has 1 fully saturated rings. The number of carbonyl (C=O) groups is 1. The molecule has 1 aromatic heterocycles. The molecule has 3 aromatic carbocycles. The van der Waals surface area contributed by atoms with Gasteiger partial charge in [0.25, 0.3) is 0 Å². The van der Waals surface area contributed by atoms with Crippen LogP contribution in [0.2, 0.25) is 0 Å². The number of hydrogen-bond donors (Lipinski definition) is 1. The number of alkyl halides is 3. The number of nitrogens with zero attached hydrogens (tertiary/aromatic N) is 5. The molecule has 0 saturated carbocycles. The molecular formula is C30H27F3N6O2S2. The summed E-state index contributed by atoms with van der Waals surface area (Å²) in [6, 6.07) is 20.9. The van der Waals surface area contributed by atoms with Crippen LogP contribution in [0, 0.1) is 0 Å². The van der Waals surface area contributed by atoms with E-state index in [1.54, 1.807) is 4.90 Å². The highest BCUT2D eigenvalue weighted by Gasteiger charge is 2.32. The Balaban J connectivity index is 1.20. The number of amidine groups is 1. The van der Waals surface area contributed by atoms with Crippen LogP contribution in [-0.4, -0.2) is 49.6 Å². The number of hydrogen-bond acceptors (Lipinski definition) is 6. The molecule has 5 rings (SSSR count). The number of thioether (sulfide) groups is 1. The number of para-hydroxylation sites is 1. The first-order valence-electron chi connectivity index (χ1n) is 13.4. The summed E-state index contributed by atoms with van der Waals surface area (Å²) in [5, 5.41) is 8.49. The monoisotopic (exact) mass is 624 g/mol. The Morgan fingerprint density at radius 2 is 1.88 bits per heavy atom. The first-order valence-corrected chi connectivity index (χ1v) is 14.7. The van der Waals surface area contributed by atoms with Gasteiger partial charge in [-0.2, -0.15) is 4.99 Å². The minimum Gasteiger partial charge on any atom is -0.406 e. The van der Waals surface area contributed by atoms with Crippen LogP contribution in [0.3, 0.4) is 0 Å². The molecular weight excluding hydrogens is 597 g/mol. The summed E-state index contributed by atoms with van der Waals surface area (Å²) in [6.07, 6.45) is -2.61. The first-order chi connectivity index (χ1) is 20.6. The minimum atomic E-state index is -4.75. The zero-order valence-corrected chi connectivity index (χ0v) is 24.8. The van der Waals surface area contributed by atoms with Crippen molar-refractivity contribution in [3.63, 3.8) is 0 Å². The fourth-order valence-electron chi connectivity index (χ4n) is 4.49. The Hall–Kier alpha value is -4.23. The van der Waals surface area contributed by atoms with Crippen LogP contribution < -0.4 is 15.0 Å². The second kappa shape index (κ2) is 13.0. The zero-order valence-electron chi connectivity index (χ0n) is 23.2. The van der Waals surface area contributed by atoms with Gasteiger partial charge >= 0.3 is 6.36 Å². The minimum absolute atomic E-state index is 0.0278. The van der Waals surface area contributed by atoms with E-state index >= 15 is 0 Å². The van der Waals surface area contributed by atoms with E-state index < -0.39 is 6.36 Å². The lowest BCUT2D eigenvalue weighted by Crippen LogP contribution is -2.32. The van der Waals surface area contributed by atoms with Crippen molar-refractivity contribution in [2.24, 2.45) is 4.99 Å². The summed E-state index contributed by atoms with van der Waals surface area (Å²) in [7, 11) is 0. The van der Waals surface area contributed by atoms with Crippen LogP contribution in [0.15, 0.2) is 84.1 Å². The van der Waals surface area contributed by atoms with E-state index in [2.05, 4.69) is 39.0 Å². The summed E-state index contributed by atoms with van der Waals surface area (Å²) in [5.74, 6) is 0.682. The molecule has 0 radical (unpaired) electrons. The number of aliphatic imine (C=N–C) groups is 1. The molecule has 222 valence electrons. The summed E-state index contributed by atoms with van der Waals surface area (Å²) in [5.41, 5.74) is 4.24. The van der Waals surface area contributed by atoms with E-state index in [0.29, 0.717) is 40.5 Å². The number of thiocarbonyl (C=S) groups is 1. The molecule has 8 nitrogen and oxygen atoms in total. The van der Waals surface area contributed by atoms with E-state index in [0.717, 1.165) is 22.4 Å². The predicted octanol–water partition coefficient (Wildman–Crippen LogP) is 6.51. The standard InChI is InChI=1S/C30H27F3N6O2S2/c1-19(2)24-8-3-4-9-25(24)39-26(40)17-43-29(39)36-28(42)34-15-14-20-6-5-7-21(16-20)27-35-18-38(37-27)22-10-12-23(13-11-22)41-30(31,32)33/h3-13,16,18-19H,14-15,17H2,1-2H3,(H,34,42)/b36-29-. The van der Waals surface area contributed by atoms with Gasteiger partial charge in [-0.05, 0) is 72.1 Å². The lowest BCUT2D eigenvalue weighted by Gasteiger charge is -2.21. The molecule has 13 heteroatoms. The molecule has 43 heavy (non-hydrogen) atoms. The van der Waals surface area contributed by atoms with Crippen molar-refractivity contribution < 1.29 is 22.7 Å². The van der Waals surface area contributed by atoms with Gasteiger partial charge in [0.05, 0.1) is 17.1 Å². The Morgan fingerprint density at radius 3 is 2.63 bits per heavy atom. The maximum absolute atomic E-state index is 12.7. The van der Waals surface area contributed by atoms with Crippen molar-refractivity contribution in [1.29, 1.82) is 0 Å². The summed E-state index contributed by atoms with van der Waals surface area (Å²) < 4.78 is 42.7. The number of benzene rings is 3. The van der Waals surface area contributed by atoms with E-state index in [-0.39, 0.29) is 17.6 Å². The predicted molar refractivity (Wildman–Crippen MR) is 166 cm³/mol. The van der Waals surface area contributed by atoms with Crippen LogP contribution >= 0.6 is 24.0 Å². The molecule has 1 saturated heterocycles. The molecule has 0 unspecified atom stereocenters. The van der Waals surface area contributed by atoms with E-state index in [1.807, 2.05) is 48.5 Å². The number of aromatic nitrogens is 3. The highest BCUT2D eigenvalue weighted by molar-refractivity contribution is 8.15. The number of anilines is 1.